The van der Waals surface area contributed by atoms with Crippen molar-refractivity contribution in [2.45, 2.75) is 30.7 Å². The standard InChI is InChI=1S/C32H30F3N3O5S/c1-41-25-12-9-22(29(15-25)42-2)18-38(32-13-14-36-20-37-32)44(39,40)31-17-27(34)30(16-28(31)35)43-19-23-5-3-4-6-26(23)21-7-10-24(33)11-8-21/h6-17,20,23H,3-5,18-19H2,1-2H3. The lowest BCUT2D eigenvalue weighted by atomic mass is 9.84. The van der Waals surface area contributed by atoms with Crippen molar-refractivity contribution in [2.24, 2.45) is 5.92 Å². The van der Waals surface area contributed by atoms with Gasteiger partial charge in [0.1, 0.15) is 40.2 Å². The average molecular weight is 626 g/mol. The molecule has 0 spiro atoms. The third kappa shape index (κ3) is 6.65. The highest BCUT2D eigenvalue weighted by molar-refractivity contribution is 7.92. The Labute approximate surface area is 253 Å². The average Bonchev–Trinajstić information content (AvgIpc) is 3.04. The van der Waals surface area contributed by atoms with Crippen LogP contribution in [0, 0.1) is 23.4 Å². The van der Waals surface area contributed by atoms with Crippen molar-refractivity contribution in [3.8, 4) is 17.2 Å². The lowest BCUT2D eigenvalue weighted by molar-refractivity contribution is 0.255. The second-order valence-corrected chi connectivity index (χ2v) is 11.9. The normalized spacial score (nSPS) is 14.9. The molecule has 0 saturated heterocycles. The van der Waals surface area contributed by atoms with Gasteiger partial charge in [0.2, 0.25) is 0 Å². The largest absolute Gasteiger partial charge is 0.497 e. The number of halogens is 3. The van der Waals surface area contributed by atoms with Gasteiger partial charge >= 0.3 is 0 Å². The molecule has 12 heteroatoms. The minimum Gasteiger partial charge on any atom is -0.497 e. The first-order valence-corrected chi connectivity index (χ1v) is 15.2. The van der Waals surface area contributed by atoms with Crippen LogP contribution in [0.2, 0.25) is 0 Å². The molecule has 1 aliphatic carbocycles. The molecule has 44 heavy (non-hydrogen) atoms. The zero-order valence-electron chi connectivity index (χ0n) is 24.0. The smallest absolute Gasteiger partial charge is 0.268 e. The highest BCUT2D eigenvalue weighted by Crippen LogP contribution is 2.35. The molecule has 0 fully saturated rings. The van der Waals surface area contributed by atoms with E-state index in [2.05, 4.69) is 9.97 Å². The molecule has 0 N–H and O–H groups in total. The molecule has 5 rings (SSSR count). The molecule has 0 saturated carbocycles. The van der Waals surface area contributed by atoms with Crippen molar-refractivity contribution < 1.29 is 35.8 Å². The van der Waals surface area contributed by atoms with E-state index in [1.807, 2.05) is 6.08 Å². The van der Waals surface area contributed by atoms with E-state index >= 15 is 8.78 Å². The molecule has 0 amide bonds. The van der Waals surface area contributed by atoms with Crippen LogP contribution in [-0.4, -0.2) is 39.2 Å². The summed E-state index contributed by atoms with van der Waals surface area (Å²) >= 11 is 0. The maximum Gasteiger partial charge on any atom is 0.268 e. The molecule has 1 heterocycles. The number of nitrogens with zero attached hydrogens (tertiary/aromatic N) is 3. The van der Waals surface area contributed by atoms with Crippen LogP contribution in [-0.2, 0) is 16.6 Å². The van der Waals surface area contributed by atoms with Gasteiger partial charge in [0, 0.05) is 41.9 Å². The molecular formula is C32H30F3N3O5S. The Hall–Kier alpha value is -4.58. The number of hydrogen-bond donors (Lipinski definition) is 0. The van der Waals surface area contributed by atoms with Crippen LogP contribution in [0.25, 0.3) is 5.57 Å². The summed E-state index contributed by atoms with van der Waals surface area (Å²) in [7, 11) is -1.80. The summed E-state index contributed by atoms with van der Waals surface area (Å²) in [5.74, 6) is -2.41. The van der Waals surface area contributed by atoms with Crippen molar-refractivity contribution in [1.29, 1.82) is 0 Å². The lowest BCUT2D eigenvalue weighted by Gasteiger charge is -2.26. The minimum atomic E-state index is -4.70. The van der Waals surface area contributed by atoms with E-state index in [1.165, 1.54) is 38.6 Å². The first-order valence-electron chi connectivity index (χ1n) is 13.8. The fraction of sp³-hybridized carbons (Fsp3) is 0.250. The van der Waals surface area contributed by atoms with E-state index in [4.69, 9.17) is 14.2 Å². The van der Waals surface area contributed by atoms with Gasteiger partial charge in [-0.1, -0.05) is 18.2 Å². The maximum atomic E-state index is 15.6. The van der Waals surface area contributed by atoms with Crippen molar-refractivity contribution in [3.05, 3.63) is 108 Å². The van der Waals surface area contributed by atoms with E-state index in [0.29, 0.717) is 23.1 Å². The summed E-state index contributed by atoms with van der Waals surface area (Å²) < 4.78 is 89.4. The van der Waals surface area contributed by atoms with Gasteiger partial charge in [-0.3, -0.25) is 0 Å². The van der Waals surface area contributed by atoms with Crippen molar-refractivity contribution in [2.75, 3.05) is 25.1 Å². The van der Waals surface area contributed by atoms with Gasteiger partial charge in [0.05, 0.1) is 27.4 Å². The van der Waals surface area contributed by atoms with Crippen molar-refractivity contribution in [3.63, 3.8) is 0 Å². The number of ether oxygens (including phenoxy) is 3. The molecule has 1 atom stereocenters. The molecule has 0 bridgehead atoms. The number of aromatic nitrogens is 2. The van der Waals surface area contributed by atoms with E-state index in [9.17, 15) is 12.8 Å². The molecule has 1 aliphatic rings. The molecule has 230 valence electrons. The van der Waals surface area contributed by atoms with Gasteiger partial charge in [0.15, 0.2) is 11.6 Å². The molecule has 3 aromatic carbocycles. The number of benzene rings is 3. The number of hydrogen-bond acceptors (Lipinski definition) is 7. The number of anilines is 1. The number of rotatable bonds is 11. The number of allylic oxidation sites excluding steroid dienone is 1. The quantitative estimate of drug-likeness (QED) is 0.186. The first kappa shape index (κ1) is 30.9. The topological polar surface area (TPSA) is 90.9 Å². The monoisotopic (exact) mass is 625 g/mol. The molecular weight excluding hydrogens is 595 g/mol. The molecule has 8 nitrogen and oxygen atoms in total. The van der Waals surface area contributed by atoms with Gasteiger partial charge in [-0.15, -0.1) is 0 Å². The van der Waals surface area contributed by atoms with Crippen LogP contribution in [0.5, 0.6) is 17.2 Å². The number of methoxy groups -OCH3 is 2. The maximum absolute atomic E-state index is 15.6. The van der Waals surface area contributed by atoms with Crippen molar-refractivity contribution >= 4 is 21.4 Å². The Balaban J connectivity index is 1.43. The summed E-state index contributed by atoms with van der Waals surface area (Å²) in [6.45, 7) is -0.290. The fourth-order valence-electron chi connectivity index (χ4n) is 5.10. The summed E-state index contributed by atoms with van der Waals surface area (Å²) in [4.78, 5) is 6.99. The van der Waals surface area contributed by atoms with Crippen LogP contribution in [0.15, 0.2) is 84.2 Å². The van der Waals surface area contributed by atoms with Crippen molar-refractivity contribution in [1.82, 2.24) is 9.97 Å². The third-order valence-electron chi connectivity index (χ3n) is 7.36. The van der Waals surface area contributed by atoms with Crippen LogP contribution in [0.3, 0.4) is 0 Å². The lowest BCUT2D eigenvalue weighted by Crippen LogP contribution is -2.32. The Morgan fingerprint density at radius 1 is 0.932 bits per heavy atom. The Morgan fingerprint density at radius 3 is 2.43 bits per heavy atom. The Morgan fingerprint density at radius 2 is 1.73 bits per heavy atom. The van der Waals surface area contributed by atoms with Crippen LogP contribution in [0.4, 0.5) is 19.0 Å². The predicted molar refractivity (Wildman–Crippen MR) is 159 cm³/mol. The van der Waals surface area contributed by atoms with Gasteiger partial charge in [-0.25, -0.2) is 35.9 Å². The van der Waals surface area contributed by atoms with Gasteiger partial charge in [-0.05, 0) is 54.7 Å². The van der Waals surface area contributed by atoms with E-state index in [1.54, 1.807) is 30.3 Å². The summed E-state index contributed by atoms with van der Waals surface area (Å²) in [5.41, 5.74) is 2.19. The van der Waals surface area contributed by atoms with E-state index in [-0.39, 0.29) is 30.7 Å². The minimum absolute atomic E-state index is 0.0238. The third-order valence-corrected chi connectivity index (χ3v) is 9.13. The summed E-state index contributed by atoms with van der Waals surface area (Å²) in [6.07, 6.45) is 6.98. The van der Waals surface area contributed by atoms with E-state index in [0.717, 1.165) is 47.1 Å². The first-order chi connectivity index (χ1) is 21.2. The highest BCUT2D eigenvalue weighted by Gasteiger charge is 2.32. The second-order valence-electron chi connectivity index (χ2n) is 10.1. The predicted octanol–water partition coefficient (Wildman–Crippen LogP) is 6.57. The van der Waals surface area contributed by atoms with Crippen LogP contribution in [0.1, 0.15) is 30.4 Å². The van der Waals surface area contributed by atoms with Crippen LogP contribution < -0.4 is 18.5 Å². The molecule has 4 aromatic rings. The summed E-state index contributed by atoms with van der Waals surface area (Å²) in [6, 6.07) is 13.6. The molecule has 1 aromatic heterocycles. The second kappa shape index (κ2) is 13.4. The Bertz CT molecular complexity index is 1750. The zero-order valence-corrected chi connectivity index (χ0v) is 24.9. The zero-order chi connectivity index (χ0) is 31.3. The molecule has 0 radical (unpaired) electrons. The van der Waals surface area contributed by atoms with Crippen LogP contribution >= 0.6 is 0 Å². The van der Waals surface area contributed by atoms with E-state index < -0.39 is 32.3 Å². The summed E-state index contributed by atoms with van der Waals surface area (Å²) in [5, 5.41) is 0. The molecule has 1 unspecified atom stereocenters. The SMILES string of the molecule is COc1ccc(CN(c2ccncn2)S(=O)(=O)c2cc(F)c(OCC3CCCC=C3c3ccc(F)cc3)cc2F)c(OC)c1. The van der Waals surface area contributed by atoms with Gasteiger partial charge < -0.3 is 14.2 Å². The molecule has 0 aliphatic heterocycles. The number of sulfonamides is 1. The Kier molecular flexibility index (Phi) is 9.38. The van der Waals surface area contributed by atoms with Gasteiger partial charge in [-0.2, -0.15) is 0 Å². The van der Waals surface area contributed by atoms with Gasteiger partial charge in [0.25, 0.3) is 10.0 Å². The highest BCUT2D eigenvalue weighted by atomic mass is 32.2. The fourth-order valence-corrected chi connectivity index (χ4v) is 6.56.